The third kappa shape index (κ3) is 3.52. The Balaban J connectivity index is 2.36. The molecule has 0 aliphatic carbocycles. The van der Waals surface area contributed by atoms with Crippen LogP contribution < -0.4 is 10.6 Å². The highest BCUT2D eigenvalue weighted by Crippen LogP contribution is 2.34. The third-order valence-corrected chi connectivity index (χ3v) is 2.84. The Morgan fingerprint density at radius 3 is 2.57 bits per heavy atom. The van der Waals surface area contributed by atoms with Gasteiger partial charge >= 0.3 is 6.18 Å². The van der Waals surface area contributed by atoms with Crippen LogP contribution in [0.3, 0.4) is 0 Å². The SMILES string of the molecule is CNc1nc(Nc2cc(F)ccc2Cl)ncc1C(F)(F)F. The first kappa shape index (κ1) is 15.3. The van der Waals surface area contributed by atoms with Gasteiger partial charge in [0.05, 0.1) is 10.7 Å². The second-order valence-electron chi connectivity index (χ2n) is 3.95. The number of hydrogen-bond donors (Lipinski definition) is 2. The molecule has 0 radical (unpaired) electrons. The third-order valence-electron chi connectivity index (χ3n) is 2.51. The van der Waals surface area contributed by atoms with Gasteiger partial charge in [0, 0.05) is 13.2 Å². The molecular formula is C12H9ClF4N4. The zero-order valence-electron chi connectivity index (χ0n) is 10.6. The van der Waals surface area contributed by atoms with E-state index in [1.54, 1.807) is 0 Å². The fourth-order valence-corrected chi connectivity index (χ4v) is 1.72. The first-order valence-electron chi connectivity index (χ1n) is 5.65. The normalized spacial score (nSPS) is 11.3. The highest BCUT2D eigenvalue weighted by Gasteiger charge is 2.35. The lowest BCUT2D eigenvalue weighted by molar-refractivity contribution is -0.137. The van der Waals surface area contributed by atoms with E-state index in [1.165, 1.54) is 13.1 Å². The molecule has 21 heavy (non-hydrogen) atoms. The van der Waals surface area contributed by atoms with E-state index in [9.17, 15) is 17.6 Å². The summed E-state index contributed by atoms with van der Waals surface area (Å²) in [5.41, 5.74) is -0.848. The number of hydrogen-bond acceptors (Lipinski definition) is 4. The molecule has 0 saturated heterocycles. The van der Waals surface area contributed by atoms with Crippen molar-refractivity contribution in [2.75, 3.05) is 17.7 Å². The molecule has 1 heterocycles. The van der Waals surface area contributed by atoms with E-state index in [1.807, 2.05) is 0 Å². The fourth-order valence-electron chi connectivity index (χ4n) is 1.55. The summed E-state index contributed by atoms with van der Waals surface area (Å²) in [6.45, 7) is 0. The van der Waals surface area contributed by atoms with Gasteiger partial charge in [-0.3, -0.25) is 0 Å². The monoisotopic (exact) mass is 320 g/mol. The number of halogens is 5. The van der Waals surface area contributed by atoms with Crippen molar-refractivity contribution in [2.45, 2.75) is 6.18 Å². The molecule has 0 unspecified atom stereocenters. The predicted octanol–water partition coefficient (Wildman–Crippen LogP) is 4.07. The Labute approximate surface area is 122 Å². The van der Waals surface area contributed by atoms with Crippen molar-refractivity contribution in [3.8, 4) is 0 Å². The Morgan fingerprint density at radius 2 is 1.95 bits per heavy atom. The van der Waals surface area contributed by atoms with Gasteiger partial charge < -0.3 is 10.6 Å². The first-order valence-corrected chi connectivity index (χ1v) is 6.03. The minimum absolute atomic E-state index is 0.139. The number of alkyl halides is 3. The molecule has 0 fully saturated rings. The van der Waals surface area contributed by atoms with Crippen molar-refractivity contribution < 1.29 is 17.6 Å². The van der Waals surface area contributed by atoms with Gasteiger partial charge in [0.1, 0.15) is 17.2 Å². The van der Waals surface area contributed by atoms with E-state index in [2.05, 4.69) is 20.6 Å². The highest BCUT2D eigenvalue weighted by molar-refractivity contribution is 6.33. The maximum absolute atomic E-state index is 13.1. The van der Waals surface area contributed by atoms with Crippen molar-refractivity contribution in [1.29, 1.82) is 0 Å². The summed E-state index contributed by atoms with van der Waals surface area (Å²) in [6.07, 6.45) is -3.94. The molecule has 0 bridgehead atoms. The first-order chi connectivity index (χ1) is 9.81. The van der Waals surface area contributed by atoms with Crippen LogP contribution >= 0.6 is 11.6 Å². The van der Waals surface area contributed by atoms with Crippen LogP contribution in [0, 0.1) is 5.82 Å². The molecule has 2 aromatic rings. The largest absolute Gasteiger partial charge is 0.421 e. The van der Waals surface area contributed by atoms with Crippen LogP contribution in [0.25, 0.3) is 0 Å². The molecule has 4 nitrogen and oxygen atoms in total. The Morgan fingerprint density at radius 1 is 1.24 bits per heavy atom. The van der Waals surface area contributed by atoms with Crippen LogP contribution in [0.1, 0.15) is 5.56 Å². The lowest BCUT2D eigenvalue weighted by atomic mass is 10.3. The van der Waals surface area contributed by atoms with Crippen molar-refractivity contribution in [3.05, 3.63) is 40.8 Å². The summed E-state index contributed by atoms with van der Waals surface area (Å²) in [4.78, 5) is 7.25. The molecule has 0 spiro atoms. The van der Waals surface area contributed by atoms with Crippen molar-refractivity contribution >= 4 is 29.1 Å². The van der Waals surface area contributed by atoms with Crippen LogP contribution in [0.15, 0.2) is 24.4 Å². The highest BCUT2D eigenvalue weighted by atomic mass is 35.5. The van der Waals surface area contributed by atoms with Gasteiger partial charge in [0.15, 0.2) is 0 Å². The Kier molecular flexibility index (Phi) is 4.17. The van der Waals surface area contributed by atoms with Crippen molar-refractivity contribution in [2.24, 2.45) is 0 Å². The van der Waals surface area contributed by atoms with Gasteiger partial charge in [-0.05, 0) is 18.2 Å². The maximum Gasteiger partial charge on any atom is 0.421 e. The number of nitrogens with zero attached hydrogens (tertiary/aromatic N) is 2. The summed E-state index contributed by atoms with van der Waals surface area (Å²) in [5.74, 6) is -1.09. The fraction of sp³-hybridized carbons (Fsp3) is 0.167. The summed E-state index contributed by atoms with van der Waals surface area (Å²) >= 11 is 5.84. The smallest absolute Gasteiger partial charge is 0.372 e. The summed E-state index contributed by atoms with van der Waals surface area (Å²) in [5, 5.41) is 5.09. The number of anilines is 3. The topological polar surface area (TPSA) is 49.8 Å². The second kappa shape index (κ2) is 5.72. The van der Waals surface area contributed by atoms with Crippen LogP contribution in [0.5, 0.6) is 0 Å². The van der Waals surface area contributed by atoms with Gasteiger partial charge in [0.25, 0.3) is 0 Å². The average Bonchev–Trinajstić information content (AvgIpc) is 2.41. The van der Waals surface area contributed by atoms with Crippen LogP contribution in [0.4, 0.5) is 35.0 Å². The molecule has 1 aromatic carbocycles. The molecule has 2 N–H and O–H groups in total. The van der Waals surface area contributed by atoms with Gasteiger partial charge in [0.2, 0.25) is 5.95 Å². The molecular weight excluding hydrogens is 312 g/mol. The molecule has 0 saturated carbocycles. The number of aromatic nitrogens is 2. The molecule has 9 heteroatoms. The summed E-state index contributed by atoms with van der Waals surface area (Å²) < 4.78 is 51.2. The molecule has 112 valence electrons. The van der Waals surface area contributed by atoms with Gasteiger partial charge in [-0.2, -0.15) is 18.2 Å². The molecule has 1 aromatic heterocycles. The van der Waals surface area contributed by atoms with Crippen molar-refractivity contribution in [3.63, 3.8) is 0 Å². The minimum Gasteiger partial charge on any atom is -0.372 e. The number of nitrogens with one attached hydrogen (secondary N) is 2. The molecule has 0 aliphatic rings. The molecule has 0 atom stereocenters. The van der Waals surface area contributed by atoms with E-state index in [0.29, 0.717) is 6.20 Å². The van der Waals surface area contributed by atoms with Gasteiger partial charge in [-0.15, -0.1) is 0 Å². The molecule has 0 amide bonds. The standard InChI is InChI=1S/C12H9ClF4N4/c1-18-10-7(12(15,16)17)5-19-11(21-10)20-9-4-6(14)2-3-8(9)13/h2-5H,1H3,(H2,18,19,20,21). The van der Waals surface area contributed by atoms with E-state index >= 15 is 0 Å². The maximum atomic E-state index is 13.1. The minimum atomic E-state index is -4.58. The predicted molar refractivity (Wildman–Crippen MR) is 71.3 cm³/mol. The van der Waals surface area contributed by atoms with E-state index < -0.39 is 23.4 Å². The van der Waals surface area contributed by atoms with Crippen molar-refractivity contribution in [1.82, 2.24) is 9.97 Å². The Hall–Kier alpha value is -2.09. The number of benzene rings is 1. The lowest BCUT2D eigenvalue weighted by Gasteiger charge is -2.13. The molecule has 0 aliphatic heterocycles. The average molecular weight is 321 g/mol. The zero-order valence-corrected chi connectivity index (χ0v) is 11.3. The van der Waals surface area contributed by atoms with Gasteiger partial charge in [-0.25, -0.2) is 9.37 Å². The lowest BCUT2D eigenvalue weighted by Crippen LogP contribution is -2.12. The zero-order chi connectivity index (χ0) is 15.6. The molecule has 2 rings (SSSR count). The van der Waals surface area contributed by atoms with Crippen LogP contribution in [-0.4, -0.2) is 17.0 Å². The second-order valence-corrected chi connectivity index (χ2v) is 4.36. The summed E-state index contributed by atoms with van der Waals surface area (Å²) in [6, 6.07) is 3.55. The Bertz CT molecular complexity index is 660. The summed E-state index contributed by atoms with van der Waals surface area (Å²) in [7, 11) is 1.30. The van der Waals surface area contributed by atoms with Gasteiger partial charge in [-0.1, -0.05) is 11.6 Å². The van der Waals surface area contributed by atoms with Crippen LogP contribution in [0.2, 0.25) is 5.02 Å². The van der Waals surface area contributed by atoms with E-state index in [4.69, 9.17) is 11.6 Å². The number of rotatable bonds is 3. The van der Waals surface area contributed by atoms with E-state index in [-0.39, 0.29) is 16.7 Å². The quantitative estimate of drug-likeness (QED) is 0.837. The van der Waals surface area contributed by atoms with E-state index in [0.717, 1.165) is 12.1 Å². The van der Waals surface area contributed by atoms with Crippen LogP contribution in [-0.2, 0) is 6.18 Å².